The summed E-state index contributed by atoms with van der Waals surface area (Å²) in [4.78, 5) is 11.9. The molecule has 0 aromatic rings. The van der Waals surface area contributed by atoms with E-state index in [1.165, 1.54) is 12.0 Å². The van der Waals surface area contributed by atoms with E-state index < -0.39 is 0 Å². The van der Waals surface area contributed by atoms with E-state index in [1.807, 2.05) is 0 Å². The lowest BCUT2D eigenvalue weighted by Crippen LogP contribution is -2.53. The molecule has 0 aromatic carbocycles. The summed E-state index contributed by atoms with van der Waals surface area (Å²) in [5.41, 5.74) is 1.88. The summed E-state index contributed by atoms with van der Waals surface area (Å²) in [6.07, 6.45) is 18.0. The number of ether oxygens (including phenoxy) is 1. The quantitative estimate of drug-likeness (QED) is 0.432. The van der Waals surface area contributed by atoms with Crippen molar-refractivity contribution in [1.82, 2.24) is 0 Å². The van der Waals surface area contributed by atoms with Crippen LogP contribution in [-0.2, 0) is 9.53 Å². The summed E-state index contributed by atoms with van der Waals surface area (Å²) in [6.45, 7) is 2.28. The fraction of sp³-hybridized carbons (Fsp3) is 0.636. The zero-order valence-electron chi connectivity index (χ0n) is 15.4. The number of hydrogen-bond acceptors (Lipinski definition) is 4. The maximum absolute atomic E-state index is 11.9. The van der Waals surface area contributed by atoms with Crippen molar-refractivity contribution in [3.63, 3.8) is 0 Å². The first kappa shape index (κ1) is 16.3. The number of rotatable bonds is 1. The smallest absolute Gasteiger partial charge is 0.331 e. The predicted molar refractivity (Wildman–Crippen MR) is 98.8 cm³/mol. The van der Waals surface area contributed by atoms with Crippen molar-refractivity contribution in [2.45, 2.75) is 57.5 Å². The van der Waals surface area contributed by atoms with Crippen LogP contribution in [0, 0.1) is 29.1 Å². The standard InChI is InChI=1S/C22H27NO3/c1-2-21-10-7-17-16-6-4-15(23-25)13-14(16)3-5-18(17)19(21)8-11-22(21)12-9-20(24)26-22/h3,5,9,12-13,16-19,25H,2,4,6-8,10-11H2,1H3/b23-15+/t16?,17?,18?,19?,21-,22?/m0/s1. The van der Waals surface area contributed by atoms with Gasteiger partial charge in [-0.3, -0.25) is 0 Å². The second-order valence-electron chi connectivity index (χ2n) is 8.82. The van der Waals surface area contributed by atoms with Gasteiger partial charge >= 0.3 is 5.97 Å². The van der Waals surface area contributed by atoms with E-state index in [2.05, 4.69) is 36.4 Å². The van der Waals surface area contributed by atoms with E-state index in [0.717, 1.165) is 44.2 Å². The second kappa shape index (κ2) is 5.58. The third-order valence-corrected chi connectivity index (χ3v) is 8.29. The summed E-state index contributed by atoms with van der Waals surface area (Å²) in [6, 6.07) is 0. The molecule has 4 aliphatic carbocycles. The van der Waals surface area contributed by atoms with Crippen LogP contribution < -0.4 is 0 Å². The zero-order chi connectivity index (χ0) is 17.9. The molecule has 4 heteroatoms. The molecule has 2 fully saturated rings. The lowest BCUT2D eigenvalue weighted by atomic mass is 9.51. The molecule has 0 radical (unpaired) electrons. The fourth-order valence-corrected chi connectivity index (χ4v) is 7.19. The second-order valence-corrected chi connectivity index (χ2v) is 8.82. The third kappa shape index (κ3) is 1.96. The van der Waals surface area contributed by atoms with Crippen molar-refractivity contribution in [2.75, 3.05) is 0 Å². The van der Waals surface area contributed by atoms with E-state index in [9.17, 15) is 4.79 Å². The molecule has 0 bridgehead atoms. The SMILES string of the molecule is CC[C@]12CCC3C4CC/C(=N\O)C=C4C=CC3C1CCC21C=CC(=O)O1. The van der Waals surface area contributed by atoms with E-state index in [4.69, 9.17) is 9.94 Å². The van der Waals surface area contributed by atoms with Crippen LogP contribution in [0.1, 0.15) is 51.9 Å². The number of fused-ring (bicyclic) bond motifs is 6. The number of carbonyl (C=O) groups excluding carboxylic acids is 1. The first-order valence-corrected chi connectivity index (χ1v) is 10.2. The van der Waals surface area contributed by atoms with Gasteiger partial charge in [-0.2, -0.15) is 0 Å². The van der Waals surface area contributed by atoms with Crippen molar-refractivity contribution in [2.24, 2.45) is 34.2 Å². The molecule has 5 aliphatic rings. The first-order valence-electron chi connectivity index (χ1n) is 10.2. The molecule has 0 saturated heterocycles. The molecule has 1 aliphatic heterocycles. The van der Waals surface area contributed by atoms with Gasteiger partial charge in [0, 0.05) is 11.5 Å². The Hall–Kier alpha value is -1.84. The van der Waals surface area contributed by atoms with E-state index in [1.54, 1.807) is 6.08 Å². The maximum atomic E-state index is 11.9. The van der Waals surface area contributed by atoms with Crippen LogP contribution in [0.5, 0.6) is 0 Å². The number of allylic oxidation sites excluding steroid dienone is 4. The Labute approximate surface area is 154 Å². The number of nitrogens with zero attached hydrogens (tertiary/aromatic N) is 1. The fourth-order valence-electron chi connectivity index (χ4n) is 7.19. The molecule has 2 saturated carbocycles. The van der Waals surface area contributed by atoms with E-state index >= 15 is 0 Å². The molecule has 5 rings (SSSR count). The summed E-state index contributed by atoms with van der Waals surface area (Å²) in [7, 11) is 0. The number of esters is 1. The molecule has 0 aromatic heterocycles. The number of carbonyl (C=O) groups is 1. The normalized spacial score (nSPS) is 47.5. The molecule has 1 heterocycles. The van der Waals surface area contributed by atoms with Gasteiger partial charge in [-0.1, -0.05) is 24.2 Å². The van der Waals surface area contributed by atoms with E-state index in [-0.39, 0.29) is 17.0 Å². The molecule has 6 atom stereocenters. The van der Waals surface area contributed by atoms with Crippen molar-refractivity contribution in [3.05, 3.63) is 36.0 Å². The lowest BCUT2D eigenvalue weighted by molar-refractivity contribution is -0.162. The van der Waals surface area contributed by atoms with Crippen LogP contribution in [0.25, 0.3) is 0 Å². The topological polar surface area (TPSA) is 58.9 Å². The number of hydrogen-bond donors (Lipinski definition) is 1. The summed E-state index contributed by atoms with van der Waals surface area (Å²) < 4.78 is 5.96. The van der Waals surface area contributed by atoms with Crippen LogP contribution in [0.2, 0.25) is 0 Å². The minimum absolute atomic E-state index is 0.0920. The Morgan fingerprint density at radius 3 is 2.88 bits per heavy atom. The highest BCUT2D eigenvalue weighted by atomic mass is 16.6. The van der Waals surface area contributed by atoms with Gasteiger partial charge in [0.25, 0.3) is 0 Å². The van der Waals surface area contributed by atoms with Crippen LogP contribution in [0.15, 0.2) is 41.1 Å². The van der Waals surface area contributed by atoms with Crippen molar-refractivity contribution < 1.29 is 14.7 Å². The molecule has 1 spiro atoms. The molecular formula is C22H27NO3. The van der Waals surface area contributed by atoms with E-state index in [0.29, 0.717) is 23.7 Å². The maximum Gasteiger partial charge on any atom is 0.331 e. The van der Waals surface area contributed by atoms with Crippen LogP contribution in [0.4, 0.5) is 0 Å². The Balaban J connectivity index is 1.52. The lowest BCUT2D eigenvalue weighted by Gasteiger charge is -2.55. The van der Waals surface area contributed by atoms with Gasteiger partial charge in [0.15, 0.2) is 0 Å². The highest BCUT2D eigenvalue weighted by Gasteiger charge is 2.65. The van der Waals surface area contributed by atoms with Gasteiger partial charge in [0.1, 0.15) is 5.60 Å². The average molecular weight is 353 g/mol. The average Bonchev–Trinajstić information content (AvgIpc) is 3.22. The van der Waals surface area contributed by atoms with Crippen LogP contribution in [-0.4, -0.2) is 22.5 Å². The van der Waals surface area contributed by atoms with Gasteiger partial charge in [-0.15, -0.1) is 0 Å². The monoisotopic (exact) mass is 353 g/mol. The van der Waals surface area contributed by atoms with Gasteiger partial charge < -0.3 is 9.94 Å². The van der Waals surface area contributed by atoms with Crippen LogP contribution in [0.3, 0.4) is 0 Å². The zero-order valence-corrected chi connectivity index (χ0v) is 15.4. The molecule has 138 valence electrons. The molecular weight excluding hydrogens is 326 g/mol. The summed E-state index contributed by atoms with van der Waals surface area (Å²) >= 11 is 0. The Morgan fingerprint density at radius 2 is 2.15 bits per heavy atom. The van der Waals surface area contributed by atoms with Gasteiger partial charge in [0.05, 0.1) is 5.71 Å². The van der Waals surface area contributed by atoms with Crippen LogP contribution >= 0.6 is 0 Å². The minimum Gasteiger partial charge on any atom is -0.451 e. The van der Waals surface area contributed by atoms with Crippen molar-refractivity contribution >= 4 is 11.7 Å². The summed E-state index contributed by atoms with van der Waals surface area (Å²) in [5.74, 6) is 2.27. The van der Waals surface area contributed by atoms with Crippen molar-refractivity contribution in [1.29, 1.82) is 0 Å². The molecule has 5 unspecified atom stereocenters. The van der Waals surface area contributed by atoms with Gasteiger partial charge in [0.2, 0.25) is 0 Å². The number of oxime groups is 1. The molecule has 1 N–H and O–H groups in total. The molecule has 0 amide bonds. The highest BCUT2D eigenvalue weighted by Crippen LogP contribution is 2.67. The highest BCUT2D eigenvalue weighted by molar-refractivity contribution is 5.96. The Kier molecular flexibility index (Phi) is 3.51. The minimum atomic E-state index is -0.359. The predicted octanol–water partition coefficient (Wildman–Crippen LogP) is 4.41. The van der Waals surface area contributed by atoms with Crippen molar-refractivity contribution in [3.8, 4) is 0 Å². The van der Waals surface area contributed by atoms with Gasteiger partial charge in [-0.05, 0) is 86.3 Å². The Morgan fingerprint density at radius 1 is 1.27 bits per heavy atom. The molecule has 4 nitrogen and oxygen atoms in total. The van der Waals surface area contributed by atoms with Gasteiger partial charge in [-0.25, -0.2) is 4.79 Å². The Bertz CT molecular complexity index is 763. The summed E-state index contributed by atoms with van der Waals surface area (Å²) in [5, 5.41) is 12.5. The largest absolute Gasteiger partial charge is 0.451 e. The third-order valence-electron chi connectivity index (χ3n) is 8.29. The first-order chi connectivity index (χ1) is 12.6. The molecule has 26 heavy (non-hydrogen) atoms.